The lowest BCUT2D eigenvalue weighted by Gasteiger charge is -2.27. The number of unbranched alkanes of at least 4 members (excludes halogenated alkanes) is 26. The van der Waals surface area contributed by atoms with Crippen LogP contribution in [0.25, 0.3) is 0 Å². The van der Waals surface area contributed by atoms with E-state index in [0.29, 0.717) is 23.9 Å². The molecule has 1 amide bonds. The SMILES string of the molecule is CC/C=C\C/C=C\C/C=C\C/C=C\C/C=C\CCCCCC(=O)OC(/C=C/CCCCCCCCCCCCC)C(COP(=O)(O)OCC[N+](C)(C)C)NC(=O)CCCCCCC/C=C/CCCCCCCCC. The Bertz CT molecular complexity index is 1540. The number of carbonyl (C=O) groups is 2. The van der Waals surface area contributed by atoms with Gasteiger partial charge in [0.1, 0.15) is 19.3 Å². The van der Waals surface area contributed by atoms with E-state index in [0.717, 1.165) is 109 Å². The van der Waals surface area contributed by atoms with E-state index >= 15 is 0 Å². The van der Waals surface area contributed by atoms with Gasteiger partial charge in [-0.15, -0.1) is 0 Å². The molecule has 3 unspecified atom stereocenters. The van der Waals surface area contributed by atoms with E-state index in [-0.39, 0.29) is 31.5 Å². The van der Waals surface area contributed by atoms with Gasteiger partial charge in [-0.2, -0.15) is 0 Å². The van der Waals surface area contributed by atoms with E-state index in [2.05, 4.69) is 99.0 Å². The van der Waals surface area contributed by atoms with Crippen molar-refractivity contribution >= 4 is 19.7 Å². The third kappa shape index (κ3) is 54.0. The summed E-state index contributed by atoms with van der Waals surface area (Å²) in [5.41, 5.74) is 0. The standard InChI is InChI=1S/C64H115N2O7P/c1-7-10-13-16-19-22-25-28-30-32-33-34-36-39-42-45-48-51-54-57-64(68)73-62(55-52-49-46-43-40-37-27-24-21-18-15-12-9-3)61(60-72-74(69,70)71-59-58-66(4,5)6)65-63(67)56-53-50-47-44-41-38-35-31-29-26-23-20-17-14-11-8-2/h10,13,19,22,28,30-31,33-35,39,42,52,55,61-62H,7-9,11-12,14-18,20-21,23-27,29,32,36-38,40-41,43-51,53-54,56-60H2,1-6H3,(H-,65,67,69,70)/p+1/b13-10-,22-19-,30-28-,34-33-,35-31+,42-39-,55-52+. The number of amides is 1. The zero-order chi connectivity index (χ0) is 54.3. The van der Waals surface area contributed by atoms with Gasteiger partial charge in [0.15, 0.2) is 0 Å². The highest BCUT2D eigenvalue weighted by Gasteiger charge is 2.30. The van der Waals surface area contributed by atoms with Crippen LogP contribution < -0.4 is 5.32 Å². The van der Waals surface area contributed by atoms with Gasteiger partial charge >= 0.3 is 13.8 Å². The molecule has 74 heavy (non-hydrogen) atoms. The van der Waals surface area contributed by atoms with E-state index in [1.807, 2.05) is 33.3 Å². The first kappa shape index (κ1) is 71.2. The second-order valence-electron chi connectivity index (χ2n) is 21.5. The number of nitrogens with zero attached hydrogens (tertiary/aromatic N) is 1. The Kier molecular flexibility index (Phi) is 51.5. The highest BCUT2D eigenvalue weighted by molar-refractivity contribution is 7.47. The van der Waals surface area contributed by atoms with Gasteiger partial charge in [0.25, 0.3) is 0 Å². The summed E-state index contributed by atoms with van der Waals surface area (Å²) in [6.07, 6.45) is 70.0. The predicted octanol–water partition coefficient (Wildman–Crippen LogP) is 18.6. The Morgan fingerprint density at radius 1 is 0.486 bits per heavy atom. The Morgan fingerprint density at radius 2 is 0.865 bits per heavy atom. The van der Waals surface area contributed by atoms with Crippen LogP contribution in [0.4, 0.5) is 0 Å². The van der Waals surface area contributed by atoms with Crippen LogP contribution in [-0.2, 0) is 27.9 Å². The summed E-state index contributed by atoms with van der Waals surface area (Å²) in [5, 5.41) is 3.04. The minimum absolute atomic E-state index is 0.0300. The number of quaternary nitrogens is 1. The maximum Gasteiger partial charge on any atom is 0.472 e. The molecule has 10 heteroatoms. The highest BCUT2D eigenvalue weighted by atomic mass is 31.2. The zero-order valence-corrected chi connectivity index (χ0v) is 49.7. The Balaban J connectivity index is 5.40. The number of nitrogens with one attached hydrogen (secondary N) is 1. The molecule has 0 fully saturated rings. The molecule has 2 N–H and O–H groups in total. The quantitative estimate of drug-likeness (QED) is 0.0205. The average Bonchev–Trinajstić information content (AvgIpc) is 3.36. The number of allylic oxidation sites excluding steroid dienone is 13. The first-order chi connectivity index (χ1) is 35.9. The van der Waals surface area contributed by atoms with Crippen molar-refractivity contribution in [1.29, 1.82) is 0 Å². The molecule has 0 bridgehead atoms. The van der Waals surface area contributed by atoms with Gasteiger partial charge < -0.3 is 19.4 Å². The number of phosphoric ester groups is 1. The molecule has 9 nitrogen and oxygen atoms in total. The summed E-state index contributed by atoms with van der Waals surface area (Å²) in [4.78, 5) is 37.7. The van der Waals surface area contributed by atoms with Gasteiger partial charge in [0.2, 0.25) is 5.91 Å². The summed E-state index contributed by atoms with van der Waals surface area (Å²) >= 11 is 0. The monoisotopic (exact) mass is 1060 g/mol. The van der Waals surface area contributed by atoms with Crippen molar-refractivity contribution in [2.75, 3.05) is 40.9 Å². The first-order valence-corrected chi connectivity index (χ1v) is 31.9. The number of esters is 1. The third-order valence-electron chi connectivity index (χ3n) is 13.1. The molecule has 0 aliphatic heterocycles. The van der Waals surface area contributed by atoms with Crippen LogP contribution in [0.15, 0.2) is 85.1 Å². The number of hydrogen-bond donors (Lipinski definition) is 2. The Morgan fingerprint density at radius 3 is 1.32 bits per heavy atom. The van der Waals surface area contributed by atoms with Gasteiger partial charge in [0.05, 0.1) is 33.8 Å². The lowest BCUT2D eigenvalue weighted by molar-refractivity contribution is -0.870. The van der Waals surface area contributed by atoms with Crippen LogP contribution in [0.1, 0.15) is 258 Å². The topological polar surface area (TPSA) is 111 Å². The molecular weight excluding hydrogens is 940 g/mol. The van der Waals surface area contributed by atoms with Crippen LogP contribution >= 0.6 is 7.82 Å². The molecule has 0 saturated heterocycles. The number of carbonyl (C=O) groups excluding carboxylic acids is 2. The maximum atomic E-state index is 13.5. The highest BCUT2D eigenvalue weighted by Crippen LogP contribution is 2.43. The maximum absolute atomic E-state index is 13.5. The van der Waals surface area contributed by atoms with Crippen molar-refractivity contribution in [3.63, 3.8) is 0 Å². The molecule has 0 aromatic rings. The minimum Gasteiger partial charge on any atom is -0.456 e. The molecule has 0 aromatic heterocycles. The minimum atomic E-state index is -4.46. The summed E-state index contributed by atoms with van der Waals surface area (Å²) in [7, 11) is 1.46. The Hall–Kier alpha value is -2.81. The average molecular weight is 1060 g/mol. The van der Waals surface area contributed by atoms with E-state index in [1.54, 1.807) is 0 Å². The second-order valence-corrected chi connectivity index (χ2v) is 22.9. The molecule has 428 valence electrons. The number of rotatable bonds is 54. The molecule has 0 radical (unpaired) electrons. The number of ether oxygens (including phenoxy) is 1. The molecule has 0 aliphatic rings. The van der Waals surface area contributed by atoms with Gasteiger partial charge in [-0.25, -0.2) is 4.57 Å². The normalized spacial score (nSPS) is 14.3. The van der Waals surface area contributed by atoms with Crippen molar-refractivity contribution in [2.45, 2.75) is 270 Å². The van der Waals surface area contributed by atoms with Gasteiger partial charge in [-0.05, 0) is 102 Å². The van der Waals surface area contributed by atoms with Gasteiger partial charge in [-0.1, -0.05) is 228 Å². The molecule has 0 saturated carbocycles. The lowest BCUT2D eigenvalue weighted by atomic mass is 10.0. The van der Waals surface area contributed by atoms with Crippen LogP contribution in [0.2, 0.25) is 0 Å². The molecule has 0 spiro atoms. The van der Waals surface area contributed by atoms with Crippen LogP contribution in [0.5, 0.6) is 0 Å². The van der Waals surface area contributed by atoms with E-state index in [4.69, 9.17) is 13.8 Å². The lowest BCUT2D eigenvalue weighted by Crippen LogP contribution is -2.47. The molecular formula is C64H116N2O7P+. The number of likely N-dealkylation sites (N-methyl/N-ethyl adjacent to an activating group) is 1. The van der Waals surface area contributed by atoms with Crippen LogP contribution in [-0.4, -0.2) is 74.3 Å². The fourth-order valence-electron chi connectivity index (χ4n) is 8.37. The molecule has 3 atom stereocenters. The number of phosphoric acid groups is 1. The van der Waals surface area contributed by atoms with Crippen molar-refractivity contribution in [1.82, 2.24) is 5.32 Å². The van der Waals surface area contributed by atoms with E-state index in [1.165, 1.54) is 109 Å². The summed E-state index contributed by atoms with van der Waals surface area (Å²) in [6, 6.07) is -0.870. The zero-order valence-electron chi connectivity index (χ0n) is 48.8. The van der Waals surface area contributed by atoms with Crippen molar-refractivity contribution in [3.8, 4) is 0 Å². The van der Waals surface area contributed by atoms with Gasteiger partial charge in [-0.3, -0.25) is 18.6 Å². The van der Waals surface area contributed by atoms with Crippen LogP contribution in [0.3, 0.4) is 0 Å². The van der Waals surface area contributed by atoms with Crippen molar-refractivity contribution in [3.05, 3.63) is 85.1 Å². The fraction of sp³-hybridized carbons (Fsp3) is 0.750. The molecule has 0 heterocycles. The summed E-state index contributed by atoms with van der Waals surface area (Å²) in [6.45, 7) is 6.87. The van der Waals surface area contributed by atoms with E-state index < -0.39 is 20.0 Å². The van der Waals surface area contributed by atoms with Crippen molar-refractivity contribution < 1.29 is 37.3 Å². The third-order valence-corrected chi connectivity index (χ3v) is 14.1. The smallest absolute Gasteiger partial charge is 0.456 e. The van der Waals surface area contributed by atoms with Crippen molar-refractivity contribution in [2.24, 2.45) is 0 Å². The fourth-order valence-corrected chi connectivity index (χ4v) is 9.11. The van der Waals surface area contributed by atoms with Crippen LogP contribution in [0, 0.1) is 0 Å². The summed E-state index contributed by atoms with van der Waals surface area (Å²) < 4.78 is 30.6. The molecule has 0 aromatic carbocycles. The molecule has 0 rings (SSSR count). The molecule has 0 aliphatic carbocycles. The van der Waals surface area contributed by atoms with E-state index in [9.17, 15) is 19.0 Å². The largest absolute Gasteiger partial charge is 0.472 e. The summed E-state index contributed by atoms with van der Waals surface area (Å²) in [5.74, 6) is -0.553. The van der Waals surface area contributed by atoms with Gasteiger partial charge in [0, 0.05) is 12.8 Å². The first-order valence-electron chi connectivity index (χ1n) is 30.4. The predicted molar refractivity (Wildman–Crippen MR) is 318 cm³/mol. The number of hydrogen-bond acceptors (Lipinski definition) is 6. The second kappa shape index (κ2) is 53.6. The Labute approximate surface area is 456 Å².